The van der Waals surface area contributed by atoms with Crippen molar-refractivity contribution in [1.29, 1.82) is 0 Å². The first-order valence-corrected chi connectivity index (χ1v) is 14.4. The van der Waals surface area contributed by atoms with Gasteiger partial charge in [0.1, 0.15) is 0 Å². The van der Waals surface area contributed by atoms with Crippen LogP contribution in [0.2, 0.25) is 0 Å². The van der Waals surface area contributed by atoms with E-state index in [-0.39, 0.29) is 24.0 Å². The van der Waals surface area contributed by atoms with E-state index in [2.05, 4.69) is 53.7 Å². The fourth-order valence-corrected chi connectivity index (χ4v) is 5.10. The number of nitrogens with zero attached hydrogens (tertiary/aromatic N) is 1. The van der Waals surface area contributed by atoms with E-state index in [1.165, 1.54) is 5.56 Å². The molecule has 0 bridgehead atoms. The number of hydroxylamine groups is 1. The van der Waals surface area contributed by atoms with Crippen molar-refractivity contribution in [3.63, 3.8) is 0 Å². The number of amides is 2. The van der Waals surface area contributed by atoms with Gasteiger partial charge in [-0.3, -0.25) is 19.7 Å². The highest BCUT2D eigenvalue weighted by Gasteiger charge is 2.32. The lowest BCUT2D eigenvalue weighted by Gasteiger charge is -2.37. The van der Waals surface area contributed by atoms with Crippen LogP contribution in [0, 0.1) is 0 Å². The van der Waals surface area contributed by atoms with Crippen LogP contribution in [-0.4, -0.2) is 41.6 Å². The fourth-order valence-electron chi connectivity index (χ4n) is 5.10. The van der Waals surface area contributed by atoms with Gasteiger partial charge in [0.05, 0.1) is 12.2 Å². The molecule has 1 heterocycles. The van der Waals surface area contributed by atoms with Crippen LogP contribution in [0.25, 0.3) is 0 Å². The van der Waals surface area contributed by atoms with E-state index in [1.54, 1.807) is 5.48 Å². The van der Waals surface area contributed by atoms with Gasteiger partial charge in [-0.25, -0.2) is 5.48 Å². The molecule has 1 saturated heterocycles. The zero-order chi connectivity index (χ0) is 28.9. The van der Waals surface area contributed by atoms with Gasteiger partial charge in [0, 0.05) is 43.6 Å². The Morgan fingerprint density at radius 1 is 0.805 bits per heavy atom. The largest absolute Gasteiger partial charge is 0.344 e. The number of hydrogen-bond donors (Lipinski definition) is 3. The Balaban J connectivity index is 1.31. The summed E-state index contributed by atoms with van der Waals surface area (Å²) in [5.74, 6) is -0.418. The Hall–Kier alpha value is -3.56. The third kappa shape index (κ3) is 10.1. The number of nitrogens with one attached hydrogen (secondary N) is 2. The molecule has 0 aliphatic carbocycles. The first-order valence-electron chi connectivity index (χ1n) is 14.4. The molecule has 0 saturated carbocycles. The van der Waals surface area contributed by atoms with Crippen molar-refractivity contribution in [1.82, 2.24) is 10.4 Å². The highest BCUT2D eigenvalue weighted by molar-refractivity contribution is 5.90. The highest BCUT2D eigenvalue weighted by Crippen LogP contribution is 2.38. The van der Waals surface area contributed by atoms with Crippen molar-refractivity contribution in [3.8, 4) is 0 Å². The summed E-state index contributed by atoms with van der Waals surface area (Å²) in [7, 11) is 2.12. The molecule has 0 aromatic heterocycles. The minimum Gasteiger partial charge on any atom is -0.344 e. The minimum absolute atomic E-state index is 0.00919. The third-order valence-corrected chi connectivity index (χ3v) is 7.21. The SMILES string of the molecule is CN(Cc1ccccc1)CC1CC(c2ccccc2)OC(c2ccc(NC(=O)CCCCCCC(=O)NO)cc2)O1. The van der Waals surface area contributed by atoms with Crippen LogP contribution in [0.1, 0.15) is 74.0 Å². The Bertz CT molecular complexity index is 1210. The normalized spacial score (nSPS) is 18.7. The van der Waals surface area contributed by atoms with E-state index in [0.29, 0.717) is 19.3 Å². The van der Waals surface area contributed by atoms with Crippen molar-refractivity contribution in [2.24, 2.45) is 0 Å². The van der Waals surface area contributed by atoms with E-state index in [1.807, 2.05) is 48.5 Å². The maximum absolute atomic E-state index is 12.4. The van der Waals surface area contributed by atoms with Crippen LogP contribution in [0.4, 0.5) is 5.69 Å². The van der Waals surface area contributed by atoms with Gasteiger partial charge < -0.3 is 14.8 Å². The number of ether oxygens (including phenoxy) is 2. The quantitative estimate of drug-likeness (QED) is 0.124. The summed E-state index contributed by atoms with van der Waals surface area (Å²) >= 11 is 0. The van der Waals surface area contributed by atoms with Crippen LogP contribution in [0.15, 0.2) is 84.9 Å². The summed E-state index contributed by atoms with van der Waals surface area (Å²) in [6.45, 7) is 1.62. The molecule has 0 radical (unpaired) electrons. The molecule has 1 fully saturated rings. The molecular formula is C33H41N3O5. The Morgan fingerprint density at radius 2 is 1.44 bits per heavy atom. The Morgan fingerprint density at radius 3 is 2.10 bits per heavy atom. The molecule has 4 rings (SSSR count). The second-order valence-electron chi connectivity index (χ2n) is 10.7. The van der Waals surface area contributed by atoms with Crippen molar-refractivity contribution >= 4 is 17.5 Å². The smallest absolute Gasteiger partial charge is 0.243 e. The molecule has 3 unspecified atom stereocenters. The predicted molar refractivity (Wildman–Crippen MR) is 158 cm³/mol. The number of carbonyl (C=O) groups is 2. The van der Waals surface area contributed by atoms with E-state index >= 15 is 0 Å². The monoisotopic (exact) mass is 559 g/mol. The second-order valence-corrected chi connectivity index (χ2v) is 10.7. The molecule has 3 aromatic carbocycles. The average Bonchev–Trinajstić information content (AvgIpc) is 3.00. The first-order chi connectivity index (χ1) is 20.0. The van der Waals surface area contributed by atoms with Crippen molar-refractivity contribution in [3.05, 3.63) is 102 Å². The Kier molecular flexibility index (Phi) is 11.9. The van der Waals surface area contributed by atoms with Crippen LogP contribution in [-0.2, 0) is 25.6 Å². The second kappa shape index (κ2) is 16.0. The molecule has 1 aliphatic heterocycles. The summed E-state index contributed by atoms with van der Waals surface area (Å²) in [6.07, 6.45) is 4.00. The van der Waals surface area contributed by atoms with Gasteiger partial charge in [-0.2, -0.15) is 0 Å². The standard InChI is InChI=1S/C33H41N3O5/c1-36(23-25-12-6-4-7-13-25)24-29-22-30(26-14-8-5-9-15-26)41-33(40-29)27-18-20-28(21-19-27)34-31(37)16-10-2-3-11-17-32(38)35-39/h4-9,12-15,18-21,29-30,33,39H,2-3,10-11,16-17,22-24H2,1H3,(H,34,37)(H,35,38). The molecule has 1 aliphatic rings. The maximum Gasteiger partial charge on any atom is 0.243 e. The van der Waals surface area contributed by atoms with Gasteiger partial charge >= 0.3 is 0 Å². The molecule has 8 nitrogen and oxygen atoms in total. The number of rotatable bonds is 14. The minimum atomic E-state index is -0.512. The number of carbonyl (C=O) groups excluding carboxylic acids is 2. The van der Waals surface area contributed by atoms with E-state index < -0.39 is 6.29 Å². The molecule has 3 N–H and O–H groups in total. The highest BCUT2D eigenvalue weighted by atomic mass is 16.7. The molecular weight excluding hydrogens is 518 g/mol. The summed E-state index contributed by atoms with van der Waals surface area (Å²) in [5, 5.41) is 11.5. The number of hydrogen-bond acceptors (Lipinski definition) is 6. The average molecular weight is 560 g/mol. The van der Waals surface area contributed by atoms with Gasteiger partial charge in [-0.1, -0.05) is 85.6 Å². The lowest BCUT2D eigenvalue weighted by Crippen LogP contribution is -2.37. The molecule has 3 atom stereocenters. The molecule has 0 spiro atoms. The molecule has 41 heavy (non-hydrogen) atoms. The lowest BCUT2D eigenvalue weighted by atomic mass is 10.0. The lowest BCUT2D eigenvalue weighted by molar-refractivity contribution is -0.252. The summed E-state index contributed by atoms with van der Waals surface area (Å²) in [4.78, 5) is 25.7. The third-order valence-electron chi connectivity index (χ3n) is 7.21. The molecule has 8 heteroatoms. The van der Waals surface area contributed by atoms with Crippen LogP contribution >= 0.6 is 0 Å². The zero-order valence-electron chi connectivity index (χ0n) is 23.7. The maximum atomic E-state index is 12.4. The van der Waals surface area contributed by atoms with Crippen LogP contribution < -0.4 is 10.8 Å². The van der Waals surface area contributed by atoms with Crippen molar-refractivity contribution < 1.29 is 24.3 Å². The van der Waals surface area contributed by atoms with E-state index in [0.717, 1.165) is 55.6 Å². The number of anilines is 1. The topological polar surface area (TPSA) is 100 Å². The van der Waals surface area contributed by atoms with E-state index in [4.69, 9.17) is 14.7 Å². The van der Waals surface area contributed by atoms with Gasteiger partial charge in [0.15, 0.2) is 6.29 Å². The van der Waals surface area contributed by atoms with Gasteiger partial charge in [0.2, 0.25) is 11.8 Å². The molecule has 218 valence electrons. The summed E-state index contributed by atoms with van der Waals surface area (Å²) in [5.41, 5.74) is 5.67. The zero-order valence-corrected chi connectivity index (χ0v) is 23.7. The first kappa shape index (κ1) is 30.4. The summed E-state index contributed by atoms with van der Waals surface area (Å²) < 4.78 is 12.9. The Labute approximate surface area is 242 Å². The van der Waals surface area contributed by atoms with Gasteiger partial charge in [-0.05, 0) is 43.1 Å². The van der Waals surface area contributed by atoms with Crippen molar-refractivity contribution in [2.45, 2.75) is 70.0 Å². The predicted octanol–water partition coefficient (Wildman–Crippen LogP) is 6.15. The number of likely N-dealkylation sites (N-methyl/N-ethyl adjacent to an activating group) is 1. The summed E-state index contributed by atoms with van der Waals surface area (Å²) in [6, 6.07) is 28.4. The molecule has 3 aromatic rings. The van der Waals surface area contributed by atoms with Crippen LogP contribution in [0.3, 0.4) is 0 Å². The number of benzene rings is 3. The van der Waals surface area contributed by atoms with E-state index in [9.17, 15) is 9.59 Å². The van der Waals surface area contributed by atoms with Gasteiger partial charge in [0.25, 0.3) is 0 Å². The number of unbranched alkanes of at least 4 members (excludes halogenated alkanes) is 3. The van der Waals surface area contributed by atoms with Crippen LogP contribution in [0.5, 0.6) is 0 Å². The van der Waals surface area contributed by atoms with Crippen molar-refractivity contribution in [2.75, 3.05) is 18.9 Å². The van der Waals surface area contributed by atoms with Gasteiger partial charge in [-0.15, -0.1) is 0 Å². The fraction of sp³-hybridized carbons (Fsp3) is 0.394. The molecule has 2 amide bonds.